The lowest BCUT2D eigenvalue weighted by Crippen LogP contribution is -2.52. The van der Waals surface area contributed by atoms with Gasteiger partial charge in [0.2, 0.25) is 5.91 Å². The average molecular weight is 627 g/mol. The molecule has 0 aromatic heterocycles. The summed E-state index contributed by atoms with van der Waals surface area (Å²) in [5.74, 6) is -3.10. The second kappa shape index (κ2) is 12.1. The van der Waals surface area contributed by atoms with Crippen molar-refractivity contribution in [1.82, 2.24) is 5.32 Å². The fourth-order valence-corrected chi connectivity index (χ4v) is 6.11. The molecule has 220 valence electrons. The van der Waals surface area contributed by atoms with Gasteiger partial charge in [-0.3, -0.25) is 4.79 Å². The van der Waals surface area contributed by atoms with Gasteiger partial charge in [-0.25, -0.2) is 8.78 Å². The fourth-order valence-electron chi connectivity index (χ4n) is 5.54. The van der Waals surface area contributed by atoms with Crippen LogP contribution in [0.1, 0.15) is 56.1 Å². The van der Waals surface area contributed by atoms with Crippen molar-refractivity contribution in [2.45, 2.75) is 57.0 Å². The third-order valence-corrected chi connectivity index (χ3v) is 8.22. The van der Waals surface area contributed by atoms with Crippen LogP contribution in [-0.4, -0.2) is 30.2 Å². The van der Waals surface area contributed by atoms with Gasteiger partial charge in [-0.1, -0.05) is 79.8 Å². The van der Waals surface area contributed by atoms with Gasteiger partial charge in [-0.05, 0) is 47.7 Å². The van der Waals surface area contributed by atoms with E-state index in [2.05, 4.69) is 10.6 Å². The molecule has 5 N–H and O–H groups in total. The average Bonchev–Trinajstić information content (AvgIpc) is 3.17. The van der Waals surface area contributed by atoms with Crippen LogP contribution in [0, 0.1) is 17.0 Å². The maximum absolute atomic E-state index is 15.7. The van der Waals surface area contributed by atoms with Crippen molar-refractivity contribution in [3.05, 3.63) is 98.0 Å². The molecule has 41 heavy (non-hydrogen) atoms. The third kappa shape index (κ3) is 6.39. The van der Waals surface area contributed by atoms with Crippen LogP contribution >= 0.6 is 34.8 Å². The molecule has 3 aromatic carbocycles. The highest BCUT2D eigenvalue weighted by Crippen LogP contribution is 2.50. The van der Waals surface area contributed by atoms with Gasteiger partial charge >= 0.3 is 0 Å². The summed E-state index contributed by atoms with van der Waals surface area (Å²) in [5, 5.41) is 16.2. The summed E-state index contributed by atoms with van der Waals surface area (Å²) in [6.45, 7) is 5.97. The Morgan fingerprint density at radius 1 is 1.12 bits per heavy atom. The quantitative estimate of drug-likeness (QED) is 0.214. The molecule has 0 saturated carbocycles. The highest BCUT2D eigenvalue weighted by atomic mass is 35.5. The molecule has 1 fully saturated rings. The first-order valence-corrected chi connectivity index (χ1v) is 14.1. The first-order chi connectivity index (χ1) is 19.2. The monoisotopic (exact) mass is 625 g/mol. The van der Waals surface area contributed by atoms with Crippen LogP contribution in [0.15, 0.2) is 54.6 Å². The van der Waals surface area contributed by atoms with Crippen molar-refractivity contribution >= 4 is 46.4 Å². The molecular weight excluding hydrogens is 595 g/mol. The van der Waals surface area contributed by atoms with E-state index in [1.165, 1.54) is 43.5 Å². The number of benzene rings is 3. The lowest BCUT2D eigenvalue weighted by atomic mass is 9.68. The molecule has 1 aliphatic rings. The molecule has 5 unspecified atom stereocenters. The number of aliphatic hydroxyl groups excluding tert-OH is 1. The molecule has 6 nitrogen and oxygen atoms in total. The Labute approximate surface area is 253 Å². The highest BCUT2D eigenvalue weighted by molar-refractivity contribution is 6.34. The van der Waals surface area contributed by atoms with Crippen LogP contribution in [0.2, 0.25) is 15.1 Å². The van der Waals surface area contributed by atoms with E-state index in [0.717, 1.165) is 6.07 Å². The van der Waals surface area contributed by atoms with Crippen molar-refractivity contribution in [3.8, 4) is 0 Å². The van der Waals surface area contributed by atoms with E-state index in [4.69, 9.17) is 45.3 Å². The number of nitrogens with one attached hydrogen (secondary N) is 2. The number of amides is 1. The highest BCUT2D eigenvalue weighted by Gasteiger charge is 2.58. The summed E-state index contributed by atoms with van der Waals surface area (Å²) in [6, 6.07) is 11.3. The number of aliphatic hydroxyl groups is 1. The van der Waals surface area contributed by atoms with Crippen molar-refractivity contribution in [2.24, 2.45) is 11.1 Å². The predicted octanol–water partition coefficient (Wildman–Crippen LogP) is 6.92. The number of halogens is 5. The summed E-state index contributed by atoms with van der Waals surface area (Å²) in [7, 11) is 1.34. The van der Waals surface area contributed by atoms with E-state index in [0.29, 0.717) is 12.0 Å². The van der Waals surface area contributed by atoms with Gasteiger partial charge in [0.1, 0.15) is 11.6 Å². The zero-order valence-corrected chi connectivity index (χ0v) is 25.2. The Morgan fingerprint density at radius 2 is 1.83 bits per heavy atom. The van der Waals surface area contributed by atoms with Gasteiger partial charge in [-0.2, -0.15) is 0 Å². The summed E-state index contributed by atoms with van der Waals surface area (Å²) in [6.07, 6.45) is -0.785. The molecule has 5 atom stereocenters. The lowest BCUT2D eigenvalue weighted by molar-refractivity contribution is -0.118. The summed E-state index contributed by atoms with van der Waals surface area (Å²) < 4.78 is 36.2. The SMILES string of the molecule is COC(O)c1ccc(NC(=O)C2NC(CC(C)(C)C)C(N)(c3ccc(Cl)cc3F)C2c2cccc(Cl)c2F)c(Cl)c1. The molecule has 3 aromatic rings. The molecule has 0 bridgehead atoms. The van der Waals surface area contributed by atoms with Gasteiger partial charge in [0.15, 0.2) is 6.29 Å². The van der Waals surface area contributed by atoms with E-state index < -0.39 is 47.4 Å². The molecule has 1 aliphatic heterocycles. The first-order valence-electron chi connectivity index (χ1n) is 12.9. The number of methoxy groups -OCH3 is 1. The number of hydrogen-bond donors (Lipinski definition) is 4. The molecule has 0 aliphatic carbocycles. The minimum Gasteiger partial charge on any atom is -0.364 e. The summed E-state index contributed by atoms with van der Waals surface area (Å²) in [4.78, 5) is 14.0. The molecule has 1 saturated heterocycles. The smallest absolute Gasteiger partial charge is 0.242 e. The Morgan fingerprint density at radius 3 is 2.44 bits per heavy atom. The number of carbonyl (C=O) groups excluding carboxylic acids is 1. The Balaban J connectivity index is 1.87. The first kappa shape index (κ1) is 31.6. The minimum atomic E-state index is -1.61. The predicted molar refractivity (Wildman–Crippen MR) is 158 cm³/mol. The standard InChI is InChI=1S/C30H32Cl3F2N3O3/c1-29(2,3)14-23-30(36,18-10-9-16(31)13-21(18)34)24(17-6-5-7-19(32)25(17)35)26(38-23)27(39)37-22-11-8-15(12-20(22)33)28(40)41-4/h5-13,23-24,26,28,38,40H,14,36H2,1-4H3,(H,37,39). The molecule has 11 heteroatoms. The normalized spacial score (nSPS) is 23.4. The van der Waals surface area contributed by atoms with Crippen LogP contribution in [0.5, 0.6) is 0 Å². The van der Waals surface area contributed by atoms with E-state index >= 15 is 8.78 Å². The Kier molecular flexibility index (Phi) is 9.36. The second-order valence-corrected chi connectivity index (χ2v) is 12.7. The maximum Gasteiger partial charge on any atom is 0.242 e. The van der Waals surface area contributed by atoms with Crippen LogP contribution in [0.25, 0.3) is 0 Å². The Hall–Kier alpha value is -2.30. The van der Waals surface area contributed by atoms with E-state index in [1.54, 1.807) is 12.1 Å². The molecule has 0 radical (unpaired) electrons. The van der Waals surface area contributed by atoms with E-state index in [9.17, 15) is 9.90 Å². The third-order valence-electron chi connectivity index (χ3n) is 7.38. The molecule has 1 amide bonds. The number of ether oxygens (including phenoxy) is 1. The Bertz CT molecular complexity index is 1450. The lowest BCUT2D eigenvalue weighted by Gasteiger charge is -2.40. The van der Waals surface area contributed by atoms with Crippen molar-refractivity contribution in [3.63, 3.8) is 0 Å². The van der Waals surface area contributed by atoms with Crippen LogP contribution in [0.3, 0.4) is 0 Å². The van der Waals surface area contributed by atoms with Crippen LogP contribution < -0.4 is 16.4 Å². The largest absolute Gasteiger partial charge is 0.364 e. The van der Waals surface area contributed by atoms with Gasteiger partial charge < -0.3 is 26.2 Å². The zero-order valence-electron chi connectivity index (χ0n) is 22.9. The van der Waals surface area contributed by atoms with Crippen molar-refractivity contribution < 1.29 is 23.4 Å². The number of anilines is 1. The number of carbonyl (C=O) groups is 1. The summed E-state index contributed by atoms with van der Waals surface area (Å²) >= 11 is 18.7. The van der Waals surface area contributed by atoms with Crippen LogP contribution in [-0.2, 0) is 15.1 Å². The topological polar surface area (TPSA) is 96.6 Å². The van der Waals surface area contributed by atoms with Crippen molar-refractivity contribution in [2.75, 3.05) is 12.4 Å². The molecule has 0 spiro atoms. The van der Waals surface area contributed by atoms with Gasteiger partial charge in [-0.15, -0.1) is 0 Å². The minimum absolute atomic E-state index is 0.0584. The number of rotatable bonds is 7. The second-order valence-electron chi connectivity index (χ2n) is 11.5. The van der Waals surface area contributed by atoms with E-state index in [1.807, 2.05) is 20.8 Å². The molecule has 4 rings (SSSR count). The molecular formula is C30H32Cl3F2N3O3. The van der Waals surface area contributed by atoms with Gasteiger partial charge in [0.25, 0.3) is 0 Å². The zero-order chi connectivity index (χ0) is 30.3. The van der Waals surface area contributed by atoms with E-state index in [-0.39, 0.29) is 37.3 Å². The number of hydrogen-bond acceptors (Lipinski definition) is 5. The van der Waals surface area contributed by atoms with Crippen molar-refractivity contribution in [1.29, 1.82) is 0 Å². The maximum atomic E-state index is 15.7. The summed E-state index contributed by atoms with van der Waals surface area (Å²) in [5.41, 5.74) is 6.05. The molecule has 1 heterocycles. The number of nitrogens with two attached hydrogens (primary N) is 1. The van der Waals surface area contributed by atoms with Crippen LogP contribution in [0.4, 0.5) is 14.5 Å². The van der Waals surface area contributed by atoms with Gasteiger partial charge in [0.05, 0.1) is 27.3 Å². The van der Waals surface area contributed by atoms with Gasteiger partial charge in [0, 0.05) is 35.2 Å². The fraction of sp³-hybridized carbons (Fsp3) is 0.367.